The van der Waals surface area contributed by atoms with Crippen LogP contribution in [-0.2, 0) is 28.6 Å². The highest BCUT2D eigenvalue weighted by molar-refractivity contribution is 5.73. The third-order valence-corrected chi connectivity index (χ3v) is 3.67. The molecule has 0 aliphatic rings. The lowest BCUT2D eigenvalue weighted by molar-refractivity contribution is -0.139. The average molecular weight is 398 g/mol. The highest BCUT2D eigenvalue weighted by atomic mass is 19.4. The van der Waals surface area contributed by atoms with Crippen LogP contribution in [0.5, 0.6) is 0 Å². The van der Waals surface area contributed by atoms with Crippen LogP contribution in [0.3, 0.4) is 0 Å². The molecule has 0 aromatic heterocycles. The minimum atomic E-state index is -4.38. The molecule has 0 amide bonds. The molecule has 2 aromatic carbocycles. The van der Waals surface area contributed by atoms with Gasteiger partial charge in [-0.25, -0.2) is 0 Å². The number of benzene rings is 2. The van der Waals surface area contributed by atoms with Crippen LogP contribution in [0.4, 0.5) is 13.2 Å². The number of hydrogen-bond acceptors (Lipinski definition) is 4. The molecule has 2 aromatic rings. The molecule has 0 bridgehead atoms. The summed E-state index contributed by atoms with van der Waals surface area (Å²) in [6.07, 6.45) is -3.99. The number of alkyl halides is 3. The number of carbonyl (C=O) groups is 2. The fourth-order valence-electron chi connectivity index (χ4n) is 2.13. The van der Waals surface area contributed by atoms with E-state index in [1.165, 1.54) is 12.1 Å². The summed E-state index contributed by atoms with van der Waals surface area (Å²) >= 11 is 0. The van der Waals surface area contributed by atoms with Crippen molar-refractivity contribution >= 4 is 11.9 Å². The Labute approximate surface area is 159 Å². The summed E-state index contributed by atoms with van der Waals surface area (Å²) in [7, 11) is 0. The van der Waals surface area contributed by atoms with E-state index < -0.39 is 35.8 Å². The Balaban J connectivity index is 0.000000292. The summed E-state index contributed by atoms with van der Waals surface area (Å²) in [4.78, 5) is 20.8. The zero-order chi connectivity index (χ0) is 21.3. The number of carboxylic acids is 2. The smallest absolute Gasteiger partial charge is 0.416 e. The van der Waals surface area contributed by atoms with E-state index in [4.69, 9.17) is 21.7 Å². The predicted molar refractivity (Wildman–Crippen MR) is 96.5 cm³/mol. The number of hydrogen-bond donors (Lipinski definition) is 4. The van der Waals surface area contributed by atoms with E-state index in [2.05, 4.69) is 0 Å². The van der Waals surface area contributed by atoms with E-state index in [-0.39, 0.29) is 6.42 Å². The topological polar surface area (TPSA) is 127 Å². The highest BCUT2D eigenvalue weighted by Crippen LogP contribution is 2.29. The second kappa shape index (κ2) is 10.4. The summed E-state index contributed by atoms with van der Waals surface area (Å²) in [6.45, 7) is 0. The number of rotatable bonds is 6. The van der Waals surface area contributed by atoms with Crippen LogP contribution in [0.1, 0.15) is 16.7 Å². The second-order valence-corrected chi connectivity index (χ2v) is 5.98. The molecule has 0 fully saturated rings. The number of nitrogens with two attached hydrogens (primary N) is 2. The van der Waals surface area contributed by atoms with E-state index in [9.17, 15) is 22.8 Å². The van der Waals surface area contributed by atoms with Gasteiger partial charge in [0.1, 0.15) is 12.1 Å². The van der Waals surface area contributed by atoms with Crippen molar-refractivity contribution in [1.82, 2.24) is 0 Å². The number of aliphatic carboxylic acids is 2. The summed E-state index contributed by atoms with van der Waals surface area (Å²) in [6, 6.07) is 11.7. The molecule has 2 unspecified atom stereocenters. The van der Waals surface area contributed by atoms with Gasteiger partial charge in [0.25, 0.3) is 0 Å². The molecule has 0 spiro atoms. The van der Waals surface area contributed by atoms with Crippen LogP contribution in [0, 0.1) is 0 Å². The Kier molecular flexibility index (Phi) is 8.62. The van der Waals surface area contributed by atoms with E-state index >= 15 is 0 Å². The molecule has 6 nitrogen and oxygen atoms in total. The van der Waals surface area contributed by atoms with Crippen molar-refractivity contribution in [2.24, 2.45) is 11.5 Å². The van der Waals surface area contributed by atoms with Crippen molar-refractivity contribution in [3.63, 3.8) is 0 Å². The molecule has 2 atom stereocenters. The molecule has 6 N–H and O–H groups in total. The van der Waals surface area contributed by atoms with Crippen molar-refractivity contribution in [3.8, 4) is 0 Å². The maximum Gasteiger partial charge on any atom is 0.416 e. The van der Waals surface area contributed by atoms with Gasteiger partial charge in [0, 0.05) is 0 Å². The zero-order valence-electron chi connectivity index (χ0n) is 14.8. The molecule has 0 aliphatic carbocycles. The maximum atomic E-state index is 12.2. The normalized spacial score (nSPS) is 13.0. The van der Waals surface area contributed by atoms with Crippen LogP contribution in [0.2, 0.25) is 0 Å². The Morgan fingerprint density at radius 3 is 1.54 bits per heavy atom. The molecule has 0 saturated carbocycles. The molecule has 0 saturated heterocycles. The van der Waals surface area contributed by atoms with Crippen molar-refractivity contribution in [2.75, 3.05) is 0 Å². The van der Waals surface area contributed by atoms with E-state index in [1.54, 1.807) is 0 Å². The van der Waals surface area contributed by atoms with Gasteiger partial charge in [-0.3, -0.25) is 9.59 Å². The minimum absolute atomic E-state index is 0.00741. The van der Waals surface area contributed by atoms with Gasteiger partial charge in [-0.15, -0.1) is 0 Å². The largest absolute Gasteiger partial charge is 0.480 e. The minimum Gasteiger partial charge on any atom is -0.480 e. The fourth-order valence-corrected chi connectivity index (χ4v) is 2.13. The second-order valence-electron chi connectivity index (χ2n) is 5.98. The Morgan fingerprint density at radius 2 is 1.18 bits per heavy atom. The first-order chi connectivity index (χ1) is 13.0. The van der Waals surface area contributed by atoms with Gasteiger partial charge >= 0.3 is 18.1 Å². The lowest BCUT2D eigenvalue weighted by Crippen LogP contribution is -2.32. The molecule has 9 heteroatoms. The van der Waals surface area contributed by atoms with Gasteiger partial charge < -0.3 is 21.7 Å². The molecular weight excluding hydrogens is 377 g/mol. The Morgan fingerprint density at radius 1 is 0.786 bits per heavy atom. The summed E-state index contributed by atoms with van der Waals surface area (Å²) in [5.41, 5.74) is 11.2. The lowest BCUT2D eigenvalue weighted by atomic mass is 10.0. The maximum absolute atomic E-state index is 12.2. The summed E-state index contributed by atoms with van der Waals surface area (Å²) < 4.78 is 36.6. The standard InChI is InChI=1S/C10H10F3NO2.C9H11NO2/c11-10(12,13)7-3-1-6(2-4-7)5-8(14)9(15)16;10-8(9(11)12)6-7-4-2-1-3-5-7/h1-4,8H,5,14H2,(H,15,16);1-5,8H,6,10H2,(H,11,12). The Hall–Kier alpha value is -2.91. The highest BCUT2D eigenvalue weighted by Gasteiger charge is 2.30. The van der Waals surface area contributed by atoms with Gasteiger partial charge in [0.05, 0.1) is 5.56 Å². The zero-order valence-corrected chi connectivity index (χ0v) is 14.8. The number of carboxylic acid groups (broad SMARTS) is 2. The SMILES string of the molecule is NC(Cc1ccc(C(F)(F)F)cc1)C(=O)O.NC(Cc1ccccc1)C(=O)O. The van der Waals surface area contributed by atoms with Gasteiger partial charge in [0.15, 0.2) is 0 Å². The lowest BCUT2D eigenvalue weighted by Gasteiger charge is -2.09. The van der Waals surface area contributed by atoms with Crippen molar-refractivity contribution in [1.29, 1.82) is 0 Å². The molecule has 0 aliphatic heterocycles. The van der Waals surface area contributed by atoms with Crippen LogP contribution in [0.15, 0.2) is 54.6 Å². The van der Waals surface area contributed by atoms with Gasteiger partial charge in [-0.2, -0.15) is 13.2 Å². The monoisotopic (exact) mass is 398 g/mol. The van der Waals surface area contributed by atoms with Crippen LogP contribution in [0.25, 0.3) is 0 Å². The third kappa shape index (κ3) is 8.19. The van der Waals surface area contributed by atoms with Gasteiger partial charge in [-0.05, 0) is 36.1 Å². The molecule has 0 heterocycles. The molecule has 28 heavy (non-hydrogen) atoms. The fraction of sp³-hybridized carbons (Fsp3) is 0.263. The van der Waals surface area contributed by atoms with Crippen molar-refractivity contribution < 1.29 is 33.0 Å². The first-order valence-electron chi connectivity index (χ1n) is 8.17. The van der Waals surface area contributed by atoms with Crippen LogP contribution < -0.4 is 11.5 Å². The summed E-state index contributed by atoms with van der Waals surface area (Å²) in [5, 5.41) is 17.0. The predicted octanol–water partition coefficient (Wildman–Crippen LogP) is 2.30. The van der Waals surface area contributed by atoms with Crippen molar-refractivity contribution in [3.05, 3.63) is 71.3 Å². The van der Waals surface area contributed by atoms with Gasteiger partial charge in [-0.1, -0.05) is 42.5 Å². The first kappa shape index (κ1) is 23.1. The van der Waals surface area contributed by atoms with E-state index in [0.717, 1.165) is 17.7 Å². The quantitative estimate of drug-likeness (QED) is 0.591. The molecule has 0 radical (unpaired) electrons. The third-order valence-electron chi connectivity index (χ3n) is 3.67. The first-order valence-corrected chi connectivity index (χ1v) is 8.17. The average Bonchev–Trinajstić information content (AvgIpc) is 2.62. The van der Waals surface area contributed by atoms with Crippen LogP contribution in [-0.4, -0.2) is 34.2 Å². The number of halogens is 3. The molecule has 2 rings (SSSR count). The van der Waals surface area contributed by atoms with Gasteiger partial charge in [0.2, 0.25) is 0 Å². The van der Waals surface area contributed by atoms with Crippen molar-refractivity contribution in [2.45, 2.75) is 31.1 Å². The Bertz CT molecular complexity index is 765. The van der Waals surface area contributed by atoms with E-state index in [0.29, 0.717) is 12.0 Å². The van der Waals surface area contributed by atoms with E-state index in [1.807, 2.05) is 30.3 Å². The summed E-state index contributed by atoms with van der Waals surface area (Å²) in [5.74, 6) is -2.14. The molecule has 152 valence electrons. The van der Waals surface area contributed by atoms with Crippen LogP contribution >= 0.6 is 0 Å². The molecular formula is C19H21F3N2O4.